The number of carbonyl (C=O) groups excluding carboxylic acids is 1. The number of aliphatic carboxylic acids is 1. The fraction of sp³-hybridized carbons (Fsp3) is 0.778. The molecule has 0 rings (SSSR count). The molecule has 0 radical (unpaired) electrons. The predicted octanol–water partition coefficient (Wildman–Crippen LogP) is -0.0787. The Balaban J connectivity index is 3.84. The van der Waals surface area contributed by atoms with Gasteiger partial charge in [-0.15, -0.1) is 0 Å². The van der Waals surface area contributed by atoms with Crippen LogP contribution in [0.4, 0.5) is 4.79 Å². The molecular formula is C9H18N2O4. The highest BCUT2D eigenvalue weighted by Gasteiger charge is 2.18. The van der Waals surface area contributed by atoms with Crippen molar-refractivity contribution in [1.29, 1.82) is 0 Å². The monoisotopic (exact) mass is 218 g/mol. The second-order valence-electron chi connectivity index (χ2n) is 3.16. The molecule has 0 aliphatic rings. The van der Waals surface area contributed by atoms with Gasteiger partial charge in [-0.05, 0) is 6.42 Å². The second-order valence-corrected chi connectivity index (χ2v) is 3.16. The number of unbranched alkanes of at least 4 members (excludes halogenated alkanes) is 1. The van der Waals surface area contributed by atoms with E-state index in [4.69, 9.17) is 10.2 Å². The van der Waals surface area contributed by atoms with Gasteiger partial charge in [-0.2, -0.15) is 0 Å². The summed E-state index contributed by atoms with van der Waals surface area (Å²) in [6.07, 6.45) is 1.82. The molecule has 4 N–H and O–H groups in total. The Labute approximate surface area is 88.7 Å². The summed E-state index contributed by atoms with van der Waals surface area (Å²) in [5, 5.41) is 22.0. The minimum Gasteiger partial charge on any atom is -0.480 e. The lowest BCUT2D eigenvalue weighted by Gasteiger charge is -2.13. The van der Waals surface area contributed by atoms with Gasteiger partial charge in [0.25, 0.3) is 0 Å². The molecule has 0 saturated carbocycles. The van der Waals surface area contributed by atoms with E-state index in [0.717, 1.165) is 12.8 Å². The van der Waals surface area contributed by atoms with Crippen molar-refractivity contribution in [1.82, 2.24) is 10.6 Å². The van der Waals surface area contributed by atoms with Crippen molar-refractivity contribution in [2.24, 2.45) is 0 Å². The van der Waals surface area contributed by atoms with E-state index in [9.17, 15) is 9.59 Å². The molecule has 0 aromatic carbocycles. The van der Waals surface area contributed by atoms with Crippen LogP contribution in [0.3, 0.4) is 0 Å². The van der Waals surface area contributed by atoms with Crippen molar-refractivity contribution in [3.63, 3.8) is 0 Å². The first-order chi connectivity index (χ1) is 7.11. The zero-order valence-electron chi connectivity index (χ0n) is 8.82. The Bertz CT molecular complexity index is 208. The first-order valence-corrected chi connectivity index (χ1v) is 4.99. The first-order valence-electron chi connectivity index (χ1n) is 4.99. The summed E-state index contributed by atoms with van der Waals surface area (Å²) in [7, 11) is 0. The number of carboxylic acid groups (broad SMARTS) is 1. The third-order valence-corrected chi connectivity index (χ3v) is 1.84. The Morgan fingerprint density at radius 2 is 2.07 bits per heavy atom. The highest BCUT2D eigenvalue weighted by atomic mass is 16.4. The van der Waals surface area contributed by atoms with Crippen LogP contribution in [0.15, 0.2) is 0 Å². The number of amides is 2. The normalized spacial score (nSPS) is 11.9. The second kappa shape index (κ2) is 8.05. The van der Waals surface area contributed by atoms with Gasteiger partial charge in [0.15, 0.2) is 0 Å². The van der Waals surface area contributed by atoms with Gasteiger partial charge < -0.3 is 20.8 Å². The molecule has 0 heterocycles. The predicted molar refractivity (Wildman–Crippen MR) is 54.6 cm³/mol. The standard InChI is InChI=1S/C9H18N2O4/c1-2-3-5-10-9(15)11-7(4-6-12)8(13)14/h7,12H,2-6H2,1H3,(H,13,14)(H2,10,11,15)/t7-/m1/s1. The third-order valence-electron chi connectivity index (χ3n) is 1.84. The summed E-state index contributed by atoms with van der Waals surface area (Å²) in [4.78, 5) is 21.7. The number of urea groups is 1. The van der Waals surface area contributed by atoms with Crippen LogP contribution < -0.4 is 10.6 Å². The van der Waals surface area contributed by atoms with Crippen LogP contribution in [0.25, 0.3) is 0 Å². The Morgan fingerprint density at radius 3 is 2.53 bits per heavy atom. The lowest BCUT2D eigenvalue weighted by atomic mass is 10.2. The van der Waals surface area contributed by atoms with Crippen molar-refractivity contribution >= 4 is 12.0 Å². The summed E-state index contributed by atoms with van der Waals surface area (Å²) in [6.45, 7) is 2.24. The van der Waals surface area contributed by atoms with Crippen LogP contribution >= 0.6 is 0 Å². The van der Waals surface area contributed by atoms with Crippen molar-refractivity contribution in [3.8, 4) is 0 Å². The van der Waals surface area contributed by atoms with Crippen molar-refractivity contribution in [2.75, 3.05) is 13.2 Å². The zero-order valence-corrected chi connectivity index (χ0v) is 8.82. The Hall–Kier alpha value is -1.30. The van der Waals surface area contributed by atoms with Gasteiger partial charge in [0.1, 0.15) is 6.04 Å². The van der Waals surface area contributed by atoms with E-state index >= 15 is 0 Å². The fourth-order valence-electron chi connectivity index (χ4n) is 0.974. The Kier molecular flexibility index (Phi) is 7.35. The van der Waals surface area contributed by atoms with Gasteiger partial charge in [-0.3, -0.25) is 0 Å². The van der Waals surface area contributed by atoms with E-state index < -0.39 is 18.0 Å². The van der Waals surface area contributed by atoms with Crippen molar-refractivity contribution in [3.05, 3.63) is 0 Å². The molecule has 0 unspecified atom stereocenters. The summed E-state index contributed by atoms with van der Waals surface area (Å²) in [5.74, 6) is -1.14. The molecule has 15 heavy (non-hydrogen) atoms. The molecular weight excluding hydrogens is 200 g/mol. The van der Waals surface area contributed by atoms with Crippen LogP contribution in [0.2, 0.25) is 0 Å². The van der Waals surface area contributed by atoms with Gasteiger partial charge in [0.05, 0.1) is 0 Å². The molecule has 0 spiro atoms. The van der Waals surface area contributed by atoms with E-state index in [1.807, 2.05) is 6.92 Å². The number of nitrogens with one attached hydrogen (secondary N) is 2. The zero-order chi connectivity index (χ0) is 11.7. The van der Waals surface area contributed by atoms with Gasteiger partial charge in [-0.1, -0.05) is 13.3 Å². The maximum Gasteiger partial charge on any atom is 0.326 e. The van der Waals surface area contributed by atoms with E-state index in [1.54, 1.807) is 0 Å². The number of hydrogen-bond acceptors (Lipinski definition) is 3. The number of carbonyl (C=O) groups is 2. The summed E-state index contributed by atoms with van der Waals surface area (Å²) in [5.41, 5.74) is 0. The van der Waals surface area contributed by atoms with Gasteiger partial charge >= 0.3 is 12.0 Å². The first kappa shape index (κ1) is 13.7. The summed E-state index contributed by atoms with van der Waals surface area (Å²) < 4.78 is 0. The van der Waals surface area contributed by atoms with Crippen molar-refractivity contribution in [2.45, 2.75) is 32.2 Å². The highest BCUT2D eigenvalue weighted by molar-refractivity contribution is 5.82. The van der Waals surface area contributed by atoms with E-state index in [1.165, 1.54) is 0 Å². The number of rotatable bonds is 7. The SMILES string of the molecule is CCCCNC(=O)N[C@H](CCO)C(=O)O. The molecule has 88 valence electrons. The number of aliphatic hydroxyl groups excluding tert-OH is 1. The summed E-state index contributed by atoms with van der Waals surface area (Å²) >= 11 is 0. The topological polar surface area (TPSA) is 98.7 Å². The van der Waals surface area contributed by atoms with Crippen LogP contribution in [0.5, 0.6) is 0 Å². The molecule has 0 aliphatic heterocycles. The van der Waals surface area contributed by atoms with Crippen LogP contribution in [-0.4, -0.2) is 41.4 Å². The quantitative estimate of drug-likeness (QED) is 0.449. The van der Waals surface area contributed by atoms with Gasteiger partial charge in [-0.25, -0.2) is 9.59 Å². The number of aliphatic hydroxyl groups is 1. The van der Waals surface area contributed by atoms with Crippen molar-refractivity contribution < 1.29 is 19.8 Å². The average molecular weight is 218 g/mol. The molecule has 6 nitrogen and oxygen atoms in total. The minimum atomic E-state index is -1.14. The molecule has 0 fully saturated rings. The fourth-order valence-corrected chi connectivity index (χ4v) is 0.974. The largest absolute Gasteiger partial charge is 0.480 e. The molecule has 0 saturated heterocycles. The van der Waals surface area contributed by atoms with Gasteiger partial charge in [0.2, 0.25) is 0 Å². The van der Waals surface area contributed by atoms with Crippen LogP contribution in [0, 0.1) is 0 Å². The maximum atomic E-state index is 11.1. The van der Waals surface area contributed by atoms with Crippen LogP contribution in [-0.2, 0) is 4.79 Å². The number of carboxylic acids is 1. The lowest BCUT2D eigenvalue weighted by molar-refractivity contribution is -0.139. The highest BCUT2D eigenvalue weighted by Crippen LogP contribution is 1.91. The molecule has 2 amide bonds. The molecule has 0 aromatic heterocycles. The average Bonchev–Trinajstić information content (AvgIpc) is 2.17. The number of hydrogen-bond donors (Lipinski definition) is 4. The van der Waals surface area contributed by atoms with E-state index in [0.29, 0.717) is 6.54 Å². The minimum absolute atomic E-state index is 0.0104. The lowest BCUT2D eigenvalue weighted by Crippen LogP contribution is -2.46. The smallest absolute Gasteiger partial charge is 0.326 e. The van der Waals surface area contributed by atoms with Crippen LogP contribution in [0.1, 0.15) is 26.2 Å². The molecule has 6 heteroatoms. The van der Waals surface area contributed by atoms with Gasteiger partial charge in [0, 0.05) is 19.6 Å². The molecule has 0 aliphatic carbocycles. The molecule has 0 aromatic rings. The maximum absolute atomic E-state index is 11.1. The molecule has 0 bridgehead atoms. The Morgan fingerprint density at radius 1 is 1.40 bits per heavy atom. The third kappa shape index (κ3) is 6.73. The molecule has 1 atom stereocenters. The summed E-state index contributed by atoms with van der Waals surface area (Å²) in [6, 6.07) is -1.54. The van der Waals surface area contributed by atoms with E-state index in [-0.39, 0.29) is 13.0 Å². The van der Waals surface area contributed by atoms with E-state index in [2.05, 4.69) is 10.6 Å².